The summed E-state index contributed by atoms with van der Waals surface area (Å²) in [5.41, 5.74) is 1.74. The van der Waals surface area contributed by atoms with Crippen molar-refractivity contribution in [2.75, 3.05) is 13.1 Å². The van der Waals surface area contributed by atoms with Gasteiger partial charge in [-0.1, -0.05) is 26.7 Å². The van der Waals surface area contributed by atoms with E-state index < -0.39 is 0 Å². The number of hydrogen-bond acceptors (Lipinski definition) is 2. The second-order valence-electron chi connectivity index (χ2n) is 6.21. The van der Waals surface area contributed by atoms with Crippen molar-refractivity contribution in [3.63, 3.8) is 0 Å². The molecular weight excluding hydrogens is 234 g/mol. The van der Waals surface area contributed by atoms with Crippen LogP contribution in [0.4, 0.5) is 0 Å². The third-order valence-corrected chi connectivity index (χ3v) is 4.68. The molecule has 3 heteroatoms. The van der Waals surface area contributed by atoms with Crippen molar-refractivity contribution in [2.24, 2.45) is 5.41 Å². The van der Waals surface area contributed by atoms with Gasteiger partial charge < -0.3 is 5.32 Å². The van der Waals surface area contributed by atoms with Gasteiger partial charge in [0, 0.05) is 18.8 Å². The van der Waals surface area contributed by atoms with Crippen molar-refractivity contribution in [3.8, 4) is 0 Å². The van der Waals surface area contributed by atoms with Gasteiger partial charge in [-0.15, -0.1) is 0 Å². The topological polar surface area (TPSA) is 29.9 Å². The zero-order valence-corrected chi connectivity index (χ0v) is 12.8. The van der Waals surface area contributed by atoms with Crippen molar-refractivity contribution < 1.29 is 0 Å². The molecule has 1 atom stereocenters. The van der Waals surface area contributed by atoms with Crippen LogP contribution >= 0.6 is 0 Å². The van der Waals surface area contributed by atoms with Crippen LogP contribution in [0.2, 0.25) is 0 Å². The first kappa shape index (κ1) is 14.6. The van der Waals surface area contributed by atoms with E-state index in [0.717, 1.165) is 25.9 Å². The van der Waals surface area contributed by atoms with Gasteiger partial charge in [-0.05, 0) is 50.6 Å². The molecule has 1 saturated carbocycles. The van der Waals surface area contributed by atoms with E-state index in [1.54, 1.807) is 0 Å². The van der Waals surface area contributed by atoms with Gasteiger partial charge in [0.25, 0.3) is 0 Å². The highest BCUT2D eigenvalue weighted by Crippen LogP contribution is 2.40. The molecule has 0 bridgehead atoms. The fraction of sp³-hybridized carbons (Fsp3) is 0.812. The Balaban J connectivity index is 2.02. The zero-order valence-electron chi connectivity index (χ0n) is 12.8. The lowest BCUT2D eigenvalue weighted by Gasteiger charge is -2.28. The molecule has 1 unspecified atom stereocenters. The van der Waals surface area contributed by atoms with Gasteiger partial charge in [0.05, 0.1) is 5.69 Å². The Morgan fingerprint density at radius 2 is 2.11 bits per heavy atom. The molecule has 0 amide bonds. The van der Waals surface area contributed by atoms with Crippen molar-refractivity contribution in [1.29, 1.82) is 0 Å². The maximum Gasteiger partial charge on any atom is 0.0630 e. The first-order valence-corrected chi connectivity index (χ1v) is 7.94. The summed E-state index contributed by atoms with van der Waals surface area (Å²) >= 11 is 0. The fourth-order valence-corrected chi connectivity index (χ4v) is 3.22. The van der Waals surface area contributed by atoms with Crippen LogP contribution in [0, 0.1) is 5.41 Å². The Bertz CT molecular complexity index is 377. The molecule has 0 aromatic carbocycles. The standard InChI is InChI=1S/C16H29N3/c1-4-14(3)19-11-8-15(18-19)12-16(13-17-5-2)9-6-7-10-16/h8,11,14,17H,4-7,9-10,12-13H2,1-3H3. The Kier molecular flexibility index (Phi) is 5.03. The minimum Gasteiger partial charge on any atom is -0.316 e. The Labute approximate surface area is 117 Å². The van der Waals surface area contributed by atoms with Crippen molar-refractivity contribution in [2.45, 2.75) is 65.3 Å². The summed E-state index contributed by atoms with van der Waals surface area (Å²) < 4.78 is 2.13. The normalized spacial score (nSPS) is 19.7. The highest BCUT2D eigenvalue weighted by atomic mass is 15.3. The first-order chi connectivity index (χ1) is 9.19. The SMILES string of the molecule is CCNCC1(Cc2ccn(C(C)CC)n2)CCCC1. The van der Waals surface area contributed by atoms with E-state index in [1.165, 1.54) is 31.4 Å². The predicted molar refractivity (Wildman–Crippen MR) is 80.4 cm³/mol. The molecule has 0 aliphatic heterocycles. The van der Waals surface area contributed by atoms with Crippen molar-refractivity contribution in [3.05, 3.63) is 18.0 Å². The van der Waals surface area contributed by atoms with Gasteiger partial charge in [-0.3, -0.25) is 4.68 Å². The third-order valence-electron chi connectivity index (χ3n) is 4.68. The molecule has 0 saturated heterocycles. The van der Waals surface area contributed by atoms with E-state index in [9.17, 15) is 0 Å². The molecule has 1 fully saturated rings. The lowest BCUT2D eigenvalue weighted by molar-refractivity contribution is 0.276. The lowest BCUT2D eigenvalue weighted by Crippen LogP contribution is -2.34. The average molecular weight is 263 g/mol. The van der Waals surface area contributed by atoms with Gasteiger partial charge in [0.15, 0.2) is 0 Å². The minimum atomic E-state index is 0.463. The van der Waals surface area contributed by atoms with E-state index in [-0.39, 0.29) is 0 Å². The molecule has 0 radical (unpaired) electrons. The summed E-state index contributed by atoms with van der Waals surface area (Å²) in [6.45, 7) is 8.87. The van der Waals surface area contributed by atoms with E-state index in [4.69, 9.17) is 5.10 Å². The molecule has 19 heavy (non-hydrogen) atoms. The van der Waals surface area contributed by atoms with Gasteiger partial charge >= 0.3 is 0 Å². The predicted octanol–water partition coefficient (Wildman–Crippen LogP) is 3.57. The van der Waals surface area contributed by atoms with E-state index >= 15 is 0 Å². The molecule has 1 aromatic heterocycles. The maximum atomic E-state index is 4.79. The van der Waals surface area contributed by atoms with Gasteiger partial charge in [0.2, 0.25) is 0 Å². The highest BCUT2D eigenvalue weighted by Gasteiger charge is 2.34. The molecule has 1 heterocycles. The molecule has 1 aromatic rings. The second kappa shape index (κ2) is 6.56. The largest absolute Gasteiger partial charge is 0.316 e. The molecule has 108 valence electrons. The highest BCUT2D eigenvalue weighted by molar-refractivity contribution is 5.05. The molecule has 3 nitrogen and oxygen atoms in total. The zero-order chi connectivity index (χ0) is 13.7. The number of nitrogens with zero attached hydrogens (tertiary/aromatic N) is 2. The fourth-order valence-electron chi connectivity index (χ4n) is 3.22. The Morgan fingerprint density at radius 3 is 2.74 bits per heavy atom. The van der Waals surface area contributed by atoms with Crippen LogP contribution < -0.4 is 5.32 Å². The van der Waals surface area contributed by atoms with E-state index in [1.807, 2.05) is 0 Å². The van der Waals surface area contributed by atoms with Crippen molar-refractivity contribution in [1.82, 2.24) is 15.1 Å². The van der Waals surface area contributed by atoms with Crippen molar-refractivity contribution >= 4 is 0 Å². The summed E-state index contributed by atoms with van der Waals surface area (Å²) in [6.07, 6.45) is 9.92. The van der Waals surface area contributed by atoms with Gasteiger partial charge in [-0.2, -0.15) is 5.10 Å². The number of hydrogen-bond donors (Lipinski definition) is 1. The van der Waals surface area contributed by atoms with Crippen LogP contribution in [0.3, 0.4) is 0 Å². The molecular formula is C16H29N3. The molecule has 0 spiro atoms. The van der Waals surface area contributed by atoms with E-state index in [0.29, 0.717) is 11.5 Å². The van der Waals surface area contributed by atoms with Crippen LogP contribution in [-0.2, 0) is 6.42 Å². The number of nitrogens with one attached hydrogen (secondary N) is 1. The van der Waals surface area contributed by atoms with E-state index in [2.05, 4.69) is 43.0 Å². The summed E-state index contributed by atoms with van der Waals surface area (Å²) in [5, 5.41) is 8.34. The molecule has 2 rings (SSSR count). The minimum absolute atomic E-state index is 0.463. The Hall–Kier alpha value is -0.830. The molecule has 1 aliphatic carbocycles. The van der Waals surface area contributed by atoms with Gasteiger partial charge in [-0.25, -0.2) is 0 Å². The van der Waals surface area contributed by atoms with Crippen LogP contribution in [0.25, 0.3) is 0 Å². The van der Waals surface area contributed by atoms with Crippen LogP contribution in [0.5, 0.6) is 0 Å². The van der Waals surface area contributed by atoms with Crippen LogP contribution in [0.1, 0.15) is 64.6 Å². The first-order valence-electron chi connectivity index (χ1n) is 7.94. The number of aromatic nitrogens is 2. The number of rotatable bonds is 7. The quantitative estimate of drug-likeness (QED) is 0.815. The van der Waals surface area contributed by atoms with Crippen LogP contribution in [-0.4, -0.2) is 22.9 Å². The van der Waals surface area contributed by atoms with Gasteiger partial charge in [0.1, 0.15) is 0 Å². The summed E-state index contributed by atoms with van der Waals surface area (Å²) in [5.74, 6) is 0. The van der Waals surface area contributed by atoms with Crippen LogP contribution in [0.15, 0.2) is 12.3 Å². The monoisotopic (exact) mass is 263 g/mol. The summed E-state index contributed by atoms with van der Waals surface area (Å²) in [4.78, 5) is 0. The smallest absolute Gasteiger partial charge is 0.0630 e. The maximum absolute atomic E-state index is 4.79. The lowest BCUT2D eigenvalue weighted by atomic mass is 9.81. The molecule has 1 N–H and O–H groups in total. The Morgan fingerprint density at radius 1 is 1.37 bits per heavy atom. The summed E-state index contributed by atoms with van der Waals surface area (Å²) in [7, 11) is 0. The summed E-state index contributed by atoms with van der Waals surface area (Å²) in [6, 6.07) is 2.74. The second-order valence-corrected chi connectivity index (χ2v) is 6.21. The molecule has 1 aliphatic rings. The average Bonchev–Trinajstić information content (AvgIpc) is 3.06. The third kappa shape index (κ3) is 3.59.